The molecule has 3 amide bonds. The van der Waals surface area contributed by atoms with Gasteiger partial charge >= 0.3 is 0 Å². The van der Waals surface area contributed by atoms with Gasteiger partial charge in [-0.2, -0.15) is 0 Å². The Bertz CT molecular complexity index is 924. The fourth-order valence-electron chi connectivity index (χ4n) is 3.88. The molecule has 0 fully saturated rings. The Balaban J connectivity index is 1.76. The minimum atomic E-state index is -0.512. The van der Waals surface area contributed by atoms with E-state index in [-0.39, 0.29) is 18.4 Å². The van der Waals surface area contributed by atoms with Crippen LogP contribution in [0.4, 0.5) is 0 Å². The molecule has 0 N–H and O–H groups in total. The first-order chi connectivity index (χ1) is 13.1. The zero-order valence-electron chi connectivity index (χ0n) is 14.6. The van der Waals surface area contributed by atoms with Crippen LogP contribution in [0.3, 0.4) is 0 Å². The van der Waals surface area contributed by atoms with E-state index in [2.05, 4.69) is 0 Å². The number of benzene rings is 2. The highest BCUT2D eigenvalue weighted by molar-refractivity contribution is 6.31. The molecule has 0 unspecified atom stereocenters. The Morgan fingerprint density at radius 2 is 1.81 bits per heavy atom. The fourth-order valence-corrected chi connectivity index (χ4v) is 4.14. The summed E-state index contributed by atoms with van der Waals surface area (Å²) in [5, 5.41) is 0.587. The smallest absolute Gasteiger partial charge is 0.261 e. The first kappa shape index (κ1) is 17.5. The maximum Gasteiger partial charge on any atom is 0.261 e. The second kappa shape index (κ2) is 6.70. The van der Waals surface area contributed by atoms with Crippen LogP contribution in [-0.2, 0) is 11.2 Å². The van der Waals surface area contributed by atoms with E-state index in [9.17, 15) is 14.4 Å². The number of rotatable bonds is 4. The van der Waals surface area contributed by atoms with Crippen LogP contribution in [0.25, 0.3) is 0 Å². The van der Waals surface area contributed by atoms with Crippen molar-refractivity contribution < 1.29 is 19.1 Å². The van der Waals surface area contributed by atoms with Crippen molar-refractivity contribution in [1.82, 2.24) is 9.80 Å². The monoisotopic (exact) mass is 384 g/mol. The number of carbonyl (C=O) groups is 3. The molecule has 0 radical (unpaired) electrons. The van der Waals surface area contributed by atoms with Gasteiger partial charge in [-0.15, -0.1) is 0 Å². The Morgan fingerprint density at radius 3 is 2.41 bits per heavy atom. The van der Waals surface area contributed by atoms with E-state index in [4.69, 9.17) is 16.3 Å². The van der Waals surface area contributed by atoms with Gasteiger partial charge in [-0.25, -0.2) is 0 Å². The lowest BCUT2D eigenvalue weighted by Gasteiger charge is -2.37. The summed E-state index contributed by atoms with van der Waals surface area (Å²) in [7, 11) is 1.54. The largest absolute Gasteiger partial charge is 0.496 e. The summed E-state index contributed by atoms with van der Waals surface area (Å²) in [5.41, 5.74) is 2.40. The molecule has 0 aromatic heterocycles. The Kier molecular flexibility index (Phi) is 4.36. The number of amides is 3. The third-order valence-electron chi connectivity index (χ3n) is 5.20. The number of fused-ring (bicyclic) bond motifs is 2. The quantitative estimate of drug-likeness (QED) is 0.600. The number of hydrogen-bond donors (Lipinski definition) is 0. The van der Waals surface area contributed by atoms with Gasteiger partial charge in [0.2, 0.25) is 6.41 Å². The van der Waals surface area contributed by atoms with Crippen molar-refractivity contribution in [3.05, 3.63) is 63.7 Å². The summed E-state index contributed by atoms with van der Waals surface area (Å²) in [6, 6.07) is 9.72. The van der Waals surface area contributed by atoms with Crippen LogP contribution in [0.15, 0.2) is 36.4 Å². The van der Waals surface area contributed by atoms with Crippen LogP contribution in [0.5, 0.6) is 5.75 Å². The van der Waals surface area contributed by atoms with Crippen LogP contribution in [0.2, 0.25) is 5.02 Å². The highest BCUT2D eigenvalue weighted by Crippen LogP contribution is 2.40. The minimum absolute atomic E-state index is 0.0504. The molecule has 2 aromatic carbocycles. The first-order valence-corrected chi connectivity index (χ1v) is 8.96. The topological polar surface area (TPSA) is 66.9 Å². The van der Waals surface area contributed by atoms with Crippen molar-refractivity contribution in [3.63, 3.8) is 0 Å². The van der Waals surface area contributed by atoms with Gasteiger partial charge in [0.15, 0.2) is 0 Å². The summed E-state index contributed by atoms with van der Waals surface area (Å²) < 4.78 is 5.48. The second-order valence-corrected chi connectivity index (χ2v) is 6.92. The number of ether oxygens (including phenoxy) is 1. The van der Waals surface area contributed by atoms with Crippen molar-refractivity contribution in [2.24, 2.45) is 0 Å². The zero-order chi connectivity index (χ0) is 19.1. The van der Waals surface area contributed by atoms with Crippen molar-refractivity contribution in [2.45, 2.75) is 12.5 Å². The van der Waals surface area contributed by atoms with Crippen LogP contribution in [0, 0.1) is 0 Å². The number of methoxy groups -OCH3 is 1. The van der Waals surface area contributed by atoms with Crippen molar-refractivity contribution >= 4 is 29.8 Å². The van der Waals surface area contributed by atoms with Crippen LogP contribution >= 0.6 is 11.6 Å². The fraction of sp³-hybridized carbons (Fsp3) is 0.250. The summed E-state index contributed by atoms with van der Waals surface area (Å²) in [6.07, 6.45) is 1.33. The van der Waals surface area contributed by atoms with Gasteiger partial charge in [0.25, 0.3) is 11.8 Å². The maximum absolute atomic E-state index is 12.8. The van der Waals surface area contributed by atoms with Crippen LogP contribution in [-0.4, -0.2) is 48.2 Å². The highest BCUT2D eigenvalue weighted by atomic mass is 35.5. The Hall–Kier alpha value is -2.86. The van der Waals surface area contributed by atoms with E-state index >= 15 is 0 Å². The Morgan fingerprint density at radius 1 is 1.15 bits per heavy atom. The van der Waals surface area contributed by atoms with Crippen LogP contribution in [0.1, 0.15) is 37.9 Å². The van der Waals surface area contributed by atoms with Gasteiger partial charge in [-0.1, -0.05) is 23.7 Å². The number of nitrogens with zero attached hydrogens (tertiary/aromatic N) is 2. The van der Waals surface area contributed by atoms with Crippen LogP contribution < -0.4 is 4.74 Å². The molecule has 0 bridgehead atoms. The molecule has 0 saturated carbocycles. The van der Waals surface area contributed by atoms with Gasteiger partial charge in [-0.05, 0) is 36.2 Å². The molecule has 0 spiro atoms. The van der Waals surface area contributed by atoms with Gasteiger partial charge in [0.1, 0.15) is 5.75 Å². The minimum Gasteiger partial charge on any atom is -0.496 e. The summed E-state index contributed by atoms with van der Waals surface area (Å²) in [6.45, 7) is 0.506. The molecule has 2 aromatic rings. The summed E-state index contributed by atoms with van der Waals surface area (Å²) in [4.78, 5) is 40.0. The Labute approximate surface area is 161 Å². The molecule has 0 saturated heterocycles. The van der Waals surface area contributed by atoms with Gasteiger partial charge < -0.3 is 9.64 Å². The van der Waals surface area contributed by atoms with Crippen molar-refractivity contribution in [1.29, 1.82) is 0 Å². The summed E-state index contributed by atoms with van der Waals surface area (Å²) in [5.74, 6) is -0.119. The highest BCUT2D eigenvalue weighted by Gasteiger charge is 2.40. The lowest BCUT2D eigenvalue weighted by Crippen LogP contribution is -2.43. The molecular formula is C20H17ClN2O4. The number of hydrogen-bond acceptors (Lipinski definition) is 4. The van der Waals surface area contributed by atoms with Gasteiger partial charge in [0, 0.05) is 17.1 Å². The predicted octanol–water partition coefficient (Wildman–Crippen LogP) is 2.70. The van der Waals surface area contributed by atoms with Gasteiger partial charge in [0.05, 0.1) is 30.8 Å². The third kappa shape index (κ3) is 2.68. The first-order valence-electron chi connectivity index (χ1n) is 8.58. The molecule has 27 heavy (non-hydrogen) atoms. The molecule has 2 aliphatic heterocycles. The summed E-state index contributed by atoms with van der Waals surface area (Å²) >= 11 is 6.36. The number of imide groups is 1. The molecular weight excluding hydrogens is 368 g/mol. The van der Waals surface area contributed by atoms with Crippen molar-refractivity contribution in [3.8, 4) is 5.75 Å². The molecule has 4 rings (SSSR count). The van der Waals surface area contributed by atoms with E-state index in [0.29, 0.717) is 34.9 Å². The second-order valence-electron chi connectivity index (χ2n) is 6.52. The predicted molar refractivity (Wildman–Crippen MR) is 99.0 cm³/mol. The van der Waals surface area contributed by atoms with E-state index in [1.807, 2.05) is 0 Å². The lowest BCUT2D eigenvalue weighted by atomic mass is 9.91. The molecule has 7 heteroatoms. The molecule has 2 aliphatic rings. The lowest BCUT2D eigenvalue weighted by molar-refractivity contribution is -0.121. The van der Waals surface area contributed by atoms with Gasteiger partial charge in [-0.3, -0.25) is 19.3 Å². The van der Waals surface area contributed by atoms with Crippen molar-refractivity contribution in [2.75, 3.05) is 20.2 Å². The molecule has 6 nitrogen and oxygen atoms in total. The normalized spacial score (nSPS) is 18.4. The molecule has 2 heterocycles. The molecule has 0 aliphatic carbocycles. The maximum atomic E-state index is 12.8. The average molecular weight is 385 g/mol. The van der Waals surface area contributed by atoms with E-state index in [0.717, 1.165) is 17.5 Å². The third-order valence-corrected chi connectivity index (χ3v) is 5.56. The SMILES string of the molecule is COc1ccc(Cl)c2c1[C@@H](CN1C(=O)c3ccccc3C1=O)N(C=O)CC2. The number of carbonyl (C=O) groups excluding carboxylic acids is 3. The molecule has 138 valence electrons. The van der Waals surface area contributed by atoms with E-state index in [1.165, 1.54) is 4.90 Å². The standard InChI is InChI=1S/C20H17ClN2O4/c1-27-17-7-6-15(21)14-8-9-22(11-24)16(18(14)17)10-23-19(25)12-4-2-3-5-13(12)20(23)26/h2-7,11,16H,8-10H2,1H3/t16-/m1/s1. The number of halogens is 1. The van der Waals surface area contributed by atoms with E-state index in [1.54, 1.807) is 48.4 Å². The zero-order valence-corrected chi connectivity index (χ0v) is 15.4. The molecule has 1 atom stereocenters. The average Bonchev–Trinajstić information content (AvgIpc) is 2.94. The van der Waals surface area contributed by atoms with E-state index < -0.39 is 6.04 Å².